The van der Waals surface area contributed by atoms with Gasteiger partial charge in [0.15, 0.2) is 0 Å². The van der Waals surface area contributed by atoms with Gasteiger partial charge in [-0.05, 0) is 37.0 Å². The van der Waals surface area contributed by atoms with Gasteiger partial charge in [0.05, 0.1) is 10.4 Å². The Labute approximate surface area is 143 Å². The van der Waals surface area contributed by atoms with E-state index < -0.39 is 0 Å². The van der Waals surface area contributed by atoms with Gasteiger partial charge < -0.3 is 4.57 Å². The minimum atomic E-state index is 0.386. The lowest BCUT2D eigenvalue weighted by atomic mass is 10.1. The van der Waals surface area contributed by atoms with Crippen molar-refractivity contribution in [2.24, 2.45) is 0 Å². The highest BCUT2D eigenvalue weighted by Gasteiger charge is 2.34. The van der Waals surface area contributed by atoms with Crippen LogP contribution in [0, 0.1) is 0 Å². The van der Waals surface area contributed by atoms with E-state index in [4.69, 9.17) is 0 Å². The monoisotopic (exact) mass is 382 g/mol. The number of aromatic nitrogens is 2. The van der Waals surface area contributed by atoms with Crippen LogP contribution in [-0.2, 0) is 13.0 Å². The second kappa shape index (κ2) is 7.25. The van der Waals surface area contributed by atoms with Gasteiger partial charge in [0.25, 0.3) is 0 Å². The van der Waals surface area contributed by atoms with E-state index in [1.54, 1.807) is 0 Å². The number of aryl methyl sites for hydroxylation is 2. The molecule has 1 aliphatic heterocycles. The molecule has 21 heavy (non-hydrogen) atoms. The summed E-state index contributed by atoms with van der Waals surface area (Å²) in [5, 5.41) is 0. The highest BCUT2D eigenvalue weighted by Crippen LogP contribution is 2.49. The number of rotatable bonds is 6. The van der Waals surface area contributed by atoms with Crippen LogP contribution in [0.2, 0.25) is 0 Å². The molecule has 2 heterocycles. The van der Waals surface area contributed by atoms with Crippen LogP contribution in [0.1, 0.15) is 18.4 Å². The Bertz CT molecular complexity index is 548. The largest absolute Gasteiger partial charge is 0.337 e. The van der Waals surface area contributed by atoms with Gasteiger partial charge in [0.2, 0.25) is 0 Å². The van der Waals surface area contributed by atoms with Crippen molar-refractivity contribution >= 4 is 39.5 Å². The van der Waals surface area contributed by atoms with Gasteiger partial charge in [-0.2, -0.15) is 0 Å². The number of benzene rings is 1. The molecule has 0 bridgehead atoms. The van der Waals surface area contributed by atoms with Gasteiger partial charge in [-0.1, -0.05) is 28.1 Å². The molecule has 0 spiro atoms. The number of halogens is 1. The normalized spacial score (nSPS) is 17.2. The molecule has 1 aliphatic rings. The third-order valence-electron chi connectivity index (χ3n) is 3.83. The van der Waals surface area contributed by atoms with E-state index in [2.05, 4.69) is 79.5 Å². The van der Waals surface area contributed by atoms with E-state index >= 15 is 0 Å². The summed E-state index contributed by atoms with van der Waals surface area (Å²) in [6.45, 7) is 1.07. The Morgan fingerprint density at radius 1 is 1.14 bits per heavy atom. The molecule has 0 radical (unpaired) electrons. The summed E-state index contributed by atoms with van der Waals surface area (Å²) in [6, 6.07) is 8.75. The van der Waals surface area contributed by atoms with Gasteiger partial charge in [0, 0.05) is 34.9 Å². The van der Waals surface area contributed by atoms with Crippen molar-refractivity contribution in [1.29, 1.82) is 0 Å². The second-order valence-electron chi connectivity index (χ2n) is 5.28. The summed E-state index contributed by atoms with van der Waals surface area (Å²) < 4.78 is 3.74. The highest BCUT2D eigenvalue weighted by molar-refractivity contribution is 9.10. The van der Waals surface area contributed by atoms with Gasteiger partial charge in [0.1, 0.15) is 0 Å². The minimum absolute atomic E-state index is 0.386. The molecule has 1 fully saturated rings. The summed E-state index contributed by atoms with van der Waals surface area (Å²) in [6.07, 6.45) is 9.48. The zero-order chi connectivity index (χ0) is 14.5. The number of imidazole rings is 1. The SMILES string of the molecule is Brc1ccc(CCC2(CCn3ccnc3)SCCS2)cc1. The standard InChI is InChI=1S/C16H19BrN2S2/c17-15-3-1-14(2-4-15)5-6-16(20-11-12-21-16)7-9-19-10-8-18-13-19/h1-4,8,10,13H,5-7,9,11-12H2. The molecule has 1 aromatic heterocycles. The molecule has 0 atom stereocenters. The van der Waals surface area contributed by atoms with Crippen LogP contribution < -0.4 is 0 Å². The summed E-state index contributed by atoms with van der Waals surface area (Å²) in [4.78, 5) is 4.14. The Morgan fingerprint density at radius 3 is 2.57 bits per heavy atom. The zero-order valence-electron chi connectivity index (χ0n) is 11.9. The van der Waals surface area contributed by atoms with Crippen molar-refractivity contribution in [1.82, 2.24) is 9.55 Å². The molecule has 0 saturated carbocycles. The molecule has 0 aliphatic carbocycles. The van der Waals surface area contributed by atoms with E-state index in [1.807, 2.05) is 12.5 Å². The molecule has 1 saturated heterocycles. The van der Waals surface area contributed by atoms with Crippen molar-refractivity contribution in [2.45, 2.75) is 29.9 Å². The maximum Gasteiger partial charge on any atom is 0.0945 e. The molecule has 0 unspecified atom stereocenters. The van der Waals surface area contributed by atoms with Crippen LogP contribution in [0.25, 0.3) is 0 Å². The Kier molecular flexibility index (Phi) is 5.35. The van der Waals surface area contributed by atoms with Crippen molar-refractivity contribution in [3.63, 3.8) is 0 Å². The third-order valence-corrected chi connectivity index (χ3v) is 8.01. The van der Waals surface area contributed by atoms with E-state index in [-0.39, 0.29) is 0 Å². The quantitative estimate of drug-likeness (QED) is 0.711. The van der Waals surface area contributed by atoms with Crippen molar-refractivity contribution in [2.75, 3.05) is 11.5 Å². The lowest BCUT2D eigenvalue weighted by Gasteiger charge is -2.27. The number of hydrogen-bond donors (Lipinski definition) is 0. The summed E-state index contributed by atoms with van der Waals surface area (Å²) in [5.74, 6) is 2.57. The average molecular weight is 383 g/mol. The first kappa shape index (κ1) is 15.5. The lowest BCUT2D eigenvalue weighted by Crippen LogP contribution is -2.20. The van der Waals surface area contributed by atoms with Crippen molar-refractivity contribution in [3.05, 3.63) is 53.0 Å². The van der Waals surface area contributed by atoms with Crippen LogP contribution in [0.5, 0.6) is 0 Å². The minimum Gasteiger partial charge on any atom is -0.337 e. The van der Waals surface area contributed by atoms with Crippen LogP contribution in [-0.4, -0.2) is 25.1 Å². The maximum absolute atomic E-state index is 4.14. The molecule has 2 aromatic rings. The van der Waals surface area contributed by atoms with Crippen LogP contribution in [0.3, 0.4) is 0 Å². The molecule has 0 N–H and O–H groups in total. The molecular formula is C16H19BrN2S2. The molecule has 112 valence electrons. The Hall–Kier alpha value is -0.390. The van der Waals surface area contributed by atoms with E-state index in [1.165, 1.54) is 29.9 Å². The summed E-state index contributed by atoms with van der Waals surface area (Å²) >= 11 is 7.81. The van der Waals surface area contributed by atoms with E-state index in [0.29, 0.717) is 4.08 Å². The average Bonchev–Trinajstić information content (AvgIpc) is 3.17. The Morgan fingerprint density at radius 2 is 1.90 bits per heavy atom. The van der Waals surface area contributed by atoms with Gasteiger partial charge in [-0.3, -0.25) is 0 Å². The van der Waals surface area contributed by atoms with Crippen LogP contribution in [0.4, 0.5) is 0 Å². The van der Waals surface area contributed by atoms with Gasteiger partial charge in [-0.25, -0.2) is 4.98 Å². The number of thioether (sulfide) groups is 2. The zero-order valence-corrected chi connectivity index (χ0v) is 15.1. The number of hydrogen-bond acceptors (Lipinski definition) is 3. The summed E-state index contributed by atoms with van der Waals surface area (Å²) in [5.41, 5.74) is 1.44. The van der Waals surface area contributed by atoms with E-state index in [9.17, 15) is 0 Å². The Balaban J connectivity index is 1.59. The molecular weight excluding hydrogens is 364 g/mol. The summed E-state index contributed by atoms with van der Waals surface area (Å²) in [7, 11) is 0. The van der Waals surface area contributed by atoms with Gasteiger partial charge >= 0.3 is 0 Å². The molecule has 1 aromatic carbocycles. The maximum atomic E-state index is 4.14. The molecule has 3 rings (SSSR count). The first-order valence-corrected chi connectivity index (χ1v) is 10.0. The molecule has 2 nitrogen and oxygen atoms in total. The number of nitrogens with zero attached hydrogens (tertiary/aromatic N) is 2. The lowest BCUT2D eigenvalue weighted by molar-refractivity contribution is 0.574. The first-order valence-electron chi connectivity index (χ1n) is 7.24. The van der Waals surface area contributed by atoms with E-state index in [0.717, 1.165) is 17.4 Å². The predicted molar refractivity (Wildman–Crippen MR) is 97.0 cm³/mol. The highest BCUT2D eigenvalue weighted by atomic mass is 79.9. The topological polar surface area (TPSA) is 17.8 Å². The fourth-order valence-electron chi connectivity index (χ4n) is 2.61. The predicted octanol–water partition coefficient (Wildman–Crippen LogP) is 4.84. The third kappa shape index (κ3) is 4.30. The van der Waals surface area contributed by atoms with Gasteiger partial charge in [-0.15, -0.1) is 23.5 Å². The first-order chi connectivity index (χ1) is 10.3. The molecule has 0 amide bonds. The molecule has 5 heteroatoms. The van der Waals surface area contributed by atoms with Crippen molar-refractivity contribution < 1.29 is 0 Å². The smallest absolute Gasteiger partial charge is 0.0945 e. The van der Waals surface area contributed by atoms with Crippen LogP contribution in [0.15, 0.2) is 47.5 Å². The van der Waals surface area contributed by atoms with Crippen LogP contribution >= 0.6 is 39.5 Å². The fraction of sp³-hybridized carbons (Fsp3) is 0.438. The second-order valence-corrected chi connectivity index (χ2v) is 9.42. The fourth-order valence-corrected chi connectivity index (χ4v) is 6.09. The van der Waals surface area contributed by atoms with Crippen molar-refractivity contribution in [3.8, 4) is 0 Å².